The lowest BCUT2D eigenvalue weighted by atomic mass is 9.98. The summed E-state index contributed by atoms with van der Waals surface area (Å²) in [6.45, 7) is 12.9. The van der Waals surface area contributed by atoms with Gasteiger partial charge in [-0.25, -0.2) is 6.57 Å². The van der Waals surface area contributed by atoms with Gasteiger partial charge in [0.05, 0.1) is 6.54 Å². The smallest absolute Gasteiger partial charge is 0.227 e. The molecule has 0 aromatic carbocycles. The van der Waals surface area contributed by atoms with Gasteiger partial charge in [0.15, 0.2) is 0 Å². The van der Waals surface area contributed by atoms with E-state index >= 15 is 0 Å². The van der Waals surface area contributed by atoms with Crippen molar-refractivity contribution in [1.82, 2.24) is 4.90 Å². The van der Waals surface area contributed by atoms with Crippen LogP contribution in [0.3, 0.4) is 0 Å². The first-order valence-electron chi connectivity index (χ1n) is 4.84. The van der Waals surface area contributed by atoms with Crippen LogP contribution in [0.1, 0.15) is 33.1 Å². The predicted octanol–water partition coefficient (Wildman–Crippen LogP) is 2.17. The molecule has 0 aromatic rings. The molecule has 0 radical (unpaired) electrons. The predicted molar refractivity (Wildman–Crippen MR) is 51.0 cm³/mol. The highest BCUT2D eigenvalue weighted by atomic mass is 15.2. The lowest BCUT2D eigenvalue weighted by molar-refractivity contribution is 0.110. The van der Waals surface area contributed by atoms with Crippen molar-refractivity contribution in [2.24, 2.45) is 0 Å². The number of nitrogens with zero attached hydrogens (tertiary/aromatic N) is 2. The van der Waals surface area contributed by atoms with Crippen molar-refractivity contribution < 1.29 is 0 Å². The van der Waals surface area contributed by atoms with Crippen molar-refractivity contribution in [3.8, 4) is 0 Å². The second-order valence-electron chi connectivity index (χ2n) is 3.75. The van der Waals surface area contributed by atoms with Crippen LogP contribution in [0.5, 0.6) is 0 Å². The van der Waals surface area contributed by atoms with Gasteiger partial charge < -0.3 is 4.85 Å². The zero-order valence-electron chi connectivity index (χ0n) is 8.08. The Bertz CT molecular complexity index is 161. The largest absolute Gasteiger partial charge is 0.316 e. The van der Waals surface area contributed by atoms with Crippen molar-refractivity contribution >= 4 is 0 Å². The van der Waals surface area contributed by atoms with E-state index in [0.717, 1.165) is 6.54 Å². The molecule has 1 saturated heterocycles. The van der Waals surface area contributed by atoms with E-state index in [1.54, 1.807) is 0 Å². The van der Waals surface area contributed by atoms with Crippen LogP contribution in [-0.4, -0.2) is 30.1 Å². The van der Waals surface area contributed by atoms with Gasteiger partial charge in [0.2, 0.25) is 6.54 Å². The molecule has 2 atom stereocenters. The Morgan fingerprint density at radius 2 is 1.92 bits per heavy atom. The van der Waals surface area contributed by atoms with Gasteiger partial charge in [-0.2, -0.15) is 0 Å². The number of rotatable bonds is 2. The van der Waals surface area contributed by atoms with E-state index < -0.39 is 0 Å². The molecule has 1 fully saturated rings. The van der Waals surface area contributed by atoms with E-state index in [2.05, 4.69) is 23.6 Å². The third kappa shape index (κ3) is 2.22. The molecular formula is C10H18N2. The minimum atomic E-state index is 0.661. The van der Waals surface area contributed by atoms with Crippen LogP contribution in [0.2, 0.25) is 0 Å². The van der Waals surface area contributed by atoms with Crippen molar-refractivity contribution in [1.29, 1.82) is 0 Å². The number of hydrogen-bond acceptors (Lipinski definition) is 1. The number of piperidine rings is 1. The molecule has 0 amide bonds. The lowest BCUT2D eigenvalue weighted by Crippen LogP contribution is -2.44. The summed E-state index contributed by atoms with van der Waals surface area (Å²) in [5.74, 6) is 0. The second-order valence-corrected chi connectivity index (χ2v) is 3.75. The third-order valence-corrected chi connectivity index (χ3v) is 2.85. The van der Waals surface area contributed by atoms with Crippen molar-refractivity contribution in [2.45, 2.75) is 45.2 Å². The summed E-state index contributed by atoms with van der Waals surface area (Å²) in [7, 11) is 0. The Labute approximate surface area is 75.4 Å². The zero-order chi connectivity index (χ0) is 8.97. The van der Waals surface area contributed by atoms with E-state index in [1.807, 2.05) is 0 Å². The van der Waals surface area contributed by atoms with E-state index in [4.69, 9.17) is 6.57 Å². The van der Waals surface area contributed by atoms with E-state index in [9.17, 15) is 0 Å². The van der Waals surface area contributed by atoms with Crippen LogP contribution in [0.4, 0.5) is 0 Å². The van der Waals surface area contributed by atoms with Crippen LogP contribution in [0, 0.1) is 6.57 Å². The molecule has 1 aliphatic heterocycles. The van der Waals surface area contributed by atoms with Crippen molar-refractivity contribution in [3.63, 3.8) is 0 Å². The summed E-state index contributed by atoms with van der Waals surface area (Å²) in [4.78, 5) is 5.88. The second kappa shape index (κ2) is 4.47. The topological polar surface area (TPSA) is 7.60 Å². The fourth-order valence-corrected chi connectivity index (χ4v) is 2.08. The molecule has 1 aliphatic rings. The Morgan fingerprint density at radius 3 is 2.42 bits per heavy atom. The van der Waals surface area contributed by atoms with Crippen LogP contribution >= 0.6 is 0 Å². The van der Waals surface area contributed by atoms with Crippen molar-refractivity contribution in [3.05, 3.63) is 11.4 Å². The monoisotopic (exact) mass is 166 g/mol. The fourth-order valence-electron chi connectivity index (χ4n) is 2.08. The van der Waals surface area contributed by atoms with E-state index in [-0.39, 0.29) is 0 Å². The standard InChI is InChI=1S/C10H18N2/c1-9-5-4-6-10(2)12(9)8-7-11-3/h9-10H,4-8H2,1-2H3/t9-,10-/m0/s1. The Morgan fingerprint density at radius 1 is 1.33 bits per heavy atom. The molecular weight excluding hydrogens is 148 g/mol. The SMILES string of the molecule is [C-]#[N+]CCN1[C@@H](C)CCC[C@@H]1C. The van der Waals surface area contributed by atoms with E-state index in [1.165, 1.54) is 19.3 Å². The molecule has 0 unspecified atom stereocenters. The molecule has 1 rings (SSSR count). The summed E-state index contributed by atoms with van der Waals surface area (Å²) in [6, 6.07) is 1.38. The normalized spacial score (nSPS) is 31.4. The Kier molecular flexibility index (Phi) is 3.55. The van der Waals surface area contributed by atoms with Gasteiger partial charge in [0, 0.05) is 12.1 Å². The maximum atomic E-state index is 6.75. The Balaban J connectivity index is 2.41. The van der Waals surface area contributed by atoms with Gasteiger partial charge in [-0.05, 0) is 26.7 Å². The average molecular weight is 166 g/mol. The van der Waals surface area contributed by atoms with Crippen LogP contribution in [0.25, 0.3) is 4.85 Å². The first-order valence-corrected chi connectivity index (χ1v) is 4.84. The van der Waals surface area contributed by atoms with E-state index in [0.29, 0.717) is 18.6 Å². The van der Waals surface area contributed by atoms with Gasteiger partial charge in [-0.1, -0.05) is 6.42 Å². The van der Waals surface area contributed by atoms with Crippen LogP contribution < -0.4 is 0 Å². The molecule has 2 nitrogen and oxygen atoms in total. The summed E-state index contributed by atoms with van der Waals surface area (Å²) in [5.41, 5.74) is 0. The average Bonchev–Trinajstić information content (AvgIpc) is 2.04. The highest BCUT2D eigenvalue weighted by Gasteiger charge is 2.24. The molecule has 68 valence electrons. The van der Waals surface area contributed by atoms with Gasteiger partial charge >= 0.3 is 0 Å². The molecule has 2 heteroatoms. The highest BCUT2D eigenvalue weighted by Crippen LogP contribution is 2.21. The first-order chi connectivity index (χ1) is 5.75. The number of hydrogen-bond donors (Lipinski definition) is 0. The fraction of sp³-hybridized carbons (Fsp3) is 0.900. The zero-order valence-corrected chi connectivity index (χ0v) is 8.08. The van der Waals surface area contributed by atoms with Crippen LogP contribution in [-0.2, 0) is 0 Å². The molecule has 12 heavy (non-hydrogen) atoms. The molecule has 0 saturated carbocycles. The minimum absolute atomic E-state index is 0.661. The molecule has 0 N–H and O–H groups in total. The number of likely N-dealkylation sites (tertiary alicyclic amines) is 1. The quantitative estimate of drug-likeness (QED) is 0.570. The van der Waals surface area contributed by atoms with Gasteiger partial charge in [-0.15, -0.1) is 0 Å². The van der Waals surface area contributed by atoms with Gasteiger partial charge in [0.25, 0.3) is 0 Å². The molecule has 0 bridgehead atoms. The molecule has 1 heterocycles. The Hall–Kier alpha value is -0.550. The molecule has 0 aliphatic carbocycles. The summed E-state index contributed by atoms with van der Waals surface area (Å²) >= 11 is 0. The van der Waals surface area contributed by atoms with Crippen molar-refractivity contribution in [2.75, 3.05) is 13.1 Å². The molecule has 0 spiro atoms. The first kappa shape index (κ1) is 9.54. The van der Waals surface area contributed by atoms with Crippen LogP contribution in [0.15, 0.2) is 0 Å². The lowest BCUT2D eigenvalue weighted by Gasteiger charge is -2.37. The molecule has 0 aromatic heterocycles. The summed E-state index contributed by atoms with van der Waals surface area (Å²) in [5, 5.41) is 0. The maximum Gasteiger partial charge on any atom is 0.227 e. The van der Waals surface area contributed by atoms with Gasteiger partial charge in [-0.3, -0.25) is 4.90 Å². The minimum Gasteiger partial charge on any atom is -0.316 e. The summed E-state index contributed by atoms with van der Waals surface area (Å²) < 4.78 is 0. The highest BCUT2D eigenvalue weighted by molar-refractivity contribution is 4.81. The maximum absolute atomic E-state index is 6.75. The summed E-state index contributed by atoms with van der Waals surface area (Å²) in [6.07, 6.45) is 3.97. The van der Waals surface area contributed by atoms with Gasteiger partial charge in [0.1, 0.15) is 0 Å². The third-order valence-electron chi connectivity index (χ3n) is 2.85.